The van der Waals surface area contributed by atoms with Gasteiger partial charge in [-0.3, -0.25) is 0 Å². The number of allylic oxidation sites excluding steroid dienone is 1. The van der Waals surface area contributed by atoms with Gasteiger partial charge in [-0.2, -0.15) is 0 Å². The van der Waals surface area contributed by atoms with E-state index in [4.69, 9.17) is 5.11 Å². The zero-order valence-corrected chi connectivity index (χ0v) is 8.02. The number of halogens is 1. The molecule has 0 fully saturated rings. The Morgan fingerprint density at radius 3 is 2.70 bits per heavy atom. The van der Waals surface area contributed by atoms with E-state index in [0.29, 0.717) is 0 Å². The number of aliphatic hydroxyl groups is 1. The van der Waals surface area contributed by atoms with E-state index in [1.54, 1.807) is 0 Å². The predicted molar refractivity (Wildman–Crippen MR) is 48.5 cm³/mol. The minimum absolute atomic E-state index is 0.186. The van der Waals surface area contributed by atoms with Crippen LogP contribution in [0.3, 0.4) is 0 Å². The lowest BCUT2D eigenvalue weighted by Crippen LogP contribution is -1.85. The molecule has 0 rings (SSSR count). The quantitative estimate of drug-likeness (QED) is 0.542. The number of hydrogen-bond acceptors (Lipinski definition) is 1. The highest BCUT2D eigenvalue weighted by Gasteiger charge is 1.91. The fourth-order valence-corrected chi connectivity index (χ4v) is 1.13. The summed E-state index contributed by atoms with van der Waals surface area (Å²) < 4.78 is 0. The minimum atomic E-state index is 0.186. The van der Waals surface area contributed by atoms with Crippen LogP contribution in [0, 0.1) is 0 Å². The standard InChI is InChI=1S/C8H15BrO/c1-2-8(5-7-10)4-3-6-9/h5,10H,2-4,6-7H2,1H3/b8-5+. The van der Waals surface area contributed by atoms with Crippen LogP contribution in [0.1, 0.15) is 26.2 Å². The number of aliphatic hydroxyl groups excluding tert-OH is 1. The van der Waals surface area contributed by atoms with Crippen LogP contribution in [0.2, 0.25) is 0 Å². The first-order valence-electron chi connectivity index (χ1n) is 3.69. The van der Waals surface area contributed by atoms with Gasteiger partial charge >= 0.3 is 0 Å². The van der Waals surface area contributed by atoms with Gasteiger partial charge in [-0.1, -0.05) is 34.5 Å². The van der Waals surface area contributed by atoms with Gasteiger partial charge in [-0.05, 0) is 19.3 Å². The highest BCUT2D eigenvalue weighted by atomic mass is 79.9. The molecular formula is C8H15BrO. The van der Waals surface area contributed by atoms with Gasteiger partial charge in [0.2, 0.25) is 0 Å². The Hall–Kier alpha value is 0.180. The summed E-state index contributed by atoms with van der Waals surface area (Å²) in [6.45, 7) is 2.31. The molecule has 0 saturated heterocycles. The summed E-state index contributed by atoms with van der Waals surface area (Å²) in [6.07, 6.45) is 5.25. The van der Waals surface area contributed by atoms with Gasteiger partial charge in [0, 0.05) is 5.33 Å². The molecule has 0 aliphatic carbocycles. The van der Waals surface area contributed by atoms with Gasteiger partial charge < -0.3 is 5.11 Å². The zero-order valence-electron chi connectivity index (χ0n) is 6.44. The average molecular weight is 207 g/mol. The van der Waals surface area contributed by atoms with Crippen molar-refractivity contribution in [1.29, 1.82) is 0 Å². The molecule has 0 aliphatic rings. The molecule has 0 aromatic rings. The van der Waals surface area contributed by atoms with Crippen molar-refractivity contribution >= 4 is 15.9 Å². The molecule has 0 spiro atoms. The molecule has 0 amide bonds. The van der Waals surface area contributed by atoms with Gasteiger partial charge in [0.25, 0.3) is 0 Å². The van der Waals surface area contributed by atoms with Crippen LogP contribution >= 0.6 is 15.9 Å². The smallest absolute Gasteiger partial charge is 0.0615 e. The molecule has 0 radical (unpaired) electrons. The van der Waals surface area contributed by atoms with Gasteiger partial charge in [-0.25, -0.2) is 0 Å². The SMILES string of the molecule is CC/C(=C\CO)CCCBr. The van der Waals surface area contributed by atoms with Crippen molar-refractivity contribution in [1.82, 2.24) is 0 Å². The maximum absolute atomic E-state index is 8.58. The van der Waals surface area contributed by atoms with E-state index in [1.807, 2.05) is 6.08 Å². The maximum atomic E-state index is 8.58. The second-order valence-corrected chi connectivity index (χ2v) is 2.98. The van der Waals surface area contributed by atoms with Crippen LogP contribution in [-0.4, -0.2) is 17.0 Å². The molecule has 0 heterocycles. The monoisotopic (exact) mass is 206 g/mol. The first kappa shape index (κ1) is 10.2. The Labute approximate surface area is 71.3 Å². The predicted octanol–water partition coefficient (Wildman–Crippen LogP) is 2.49. The third-order valence-corrected chi connectivity index (χ3v) is 2.03. The molecule has 1 N–H and O–H groups in total. The summed E-state index contributed by atoms with van der Waals surface area (Å²) >= 11 is 3.37. The van der Waals surface area contributed by atoms with Crippen molar-refractivity contribution in [2.45, 2.75) is 26.2 Å². The minimum Gasteiger partial charge on any atom is -0.392 e. The van der Waals surface area contributed by atoms with E-state index in [0.717, 1.165) is 18.2 Å². The van der Waals surface area contributed by atoms with Crippen molar-refractivity contribution in [3.8, 4) is 0 Å². The van der Waals surface area contributed by atoms with E-state index < -0.39 is 0 Å². The molecule has 0 aromatic heterocycles. The van der Waals surface area contributed by atoms with Crippen LogP contribution in [0.5, 0.6) is 0 Å². The molecule has 0 saturated carbocycles. The summed E-state index contributed by atoms with van der Waals surface area (Å²) in [7, 11) is 0. The second kappa shape index (κ2) is 7.29. The zero-order chi connectivity index (χ0) is 7.82. The van der Waals surface area contributed by atoms with Gasteiger partial charge in [0.1, 0.15) is 0 Å². The lowest BCUT2D eigenvalue weighted by molar-refractivity contribution is 0.341. The van der Waals surface area contributed by atoms with Gasteiger partial charge in [0.05, 0.1) is 6.61 Å². The van der Waals surface area contributed by atoms with E-state index in [-0.39, 0.29) is 6.61 Å². The van der Waals surface area contributed by atoms with Crippen molar-refractivity contribution in [2.24, 2.45) is 0 Å². The third-order valence-electron chi connectivity index (χ3n) is 1.47. The molecule has 60 valence electrons. The molecule has 0 bridgehead atoms. The maximum Gasteiger partial charge on any atom is 0.0615 e. The van der Waals surface area contributed by atoms with E-state index >= 15 is 0 Å². The normalized spacial score (nSPS) is 12.1. The van der Waals surface area contributed by atoms with Crippen molar-refractivity contribution < 1.29 is 5.11 Å². The Bertz CT molecular complexity index is 99.4. The summed E-state index contributed by atoms with van der Waals surface area (Å²) in [5.74, 6) is 0. The van der Waals surface area contributed by atoms with E-state index in [2.05, 4.69) is 22.9 Å². The van der Waals surface area contributed by atoms with Crippen LogP contribution in [-0.2, 0) is 0 Å². The van der Waals surface area contributed by atoms with Crippen LogP contribution in [0.15, 0.2) is 11.6 Å². The van der Waals surface area contributed by atoms with Crippen LogP contribution in [0.4, 0.5) is 0 Å². The molecule has 0 aliphatic heterocycles. The van der Waals surface area contributed by atoms with Crippen LogP contribution in [0.25, 0.3) is 0 Å². The van der Waals surface area contributed by atoms with E-state index in [9.17, 15) is 0 Å². The first-order chi connectivity index (χ1) is 4.85. The molecule has 0 aromatic carbocycles. The highest BCUT2D eigenvalue weighted by Crippen LogP contribution is 2.09. The Morgan fingerprint density at radius 2 is 2.30 bits per heavy atom. The molecule has 2 heteroatoms. The largest absolute Gasteiger partial charge is 0.392 e. The lowest BCUT2D eigenvalue weighted by atomic mass is 10.1. The molecule has 0 unspecified atom stereocenters. The van der Waals surface area contributed by atoms with Crippen molar-refractivity contribution in [3.63, 3.8) is 0 Å². The number of alkyl halides is 1. The van der Waals surface area contributed by atoms with E-state index in [1.165, 1.54) is 12.0 Å². The third kappa shape index (κ3) is 5.00. The summed E-state index contributed by atoms with van der Waals surface area (Å²) in [5.41, 5.74) is 1.36. The van der Waals surface area contributed by atoms with Crippen molar-refractivity contribution in [2.75, 3.05) is 11.9 Å². The highest BCUT2D eigenvalue weighted by molar-refractivity contribution is 9.09. The number of hydrogen-bond donors (Lipinski definition) is 1. The molecule has 0 atom stereocenters. The Kier molecular flexibility index (Phi) is 7.42. The first-order valence-corrected chi connectivity index (χ1v) is 4.82. The molecular weight excluding hydrogens is 192 g/mol. The second-order valence-electron chi connectivity index (χ2n) is 2.19. The van der Waals surface area contributed by atoms with Crippen LogP contribution < -0.4 is 0 Å². The van der Waals surface area contributed by atoms with Gasteiger partial charge in [0.15, 0.2) is 0 Å². The summed E-state index contributed by atoms with van der Waals surface area (Å²) in [5, 5.41) is 9.63. The fourth-order valence-electron chi connectivity index (χ4n) is 0.846. The van der Waals surface area contributed by atoms with Gasteiger partial charge in [-0.15, -0.1) is 0 Å². The lowest BCUT2D eigenvalue weighted by Gasteiger charge is -2.00. The summed E-state index contributed by atoms with van der Waals surface area (Å²) in [6, 6.07) is 0. The average Bonchev–Trinajstić information content (AvgIpc) is 1.98. The molecule has 1 nitrogen and oxygen atoms in total. The number of rotatable bonds is 5. The summed E-state index contributed by atoms with van der Waals surface area (Å²) in [4.78, 5) is 0. The van der Waals surface area contributed by atoms with Crippen molar-refractivity contribution in [3.05, 3.63) is 11.6 Å². The fraction of sp³-hybridized carbons (Fsp3) is 0.750. The Balaban J connectivity index is 3.49. The molecule has 10 heavy (non-hydrogen) atoms. The topological polar surface area (TPSA) is 20.2 Å². The Morgan fingerprint density at radius 1 is 1.60 bits per heavy atom.